The van der Waals surface area contributed by atoms with E-state index >= 15 is 33.6 Å². The number of nitrogens with zero attached hydrogens (tertiary/aromatic N) is 10. The van der Waals surface area contributed by atoms with Crippen molar-refractivity contribution in [1.82, 2.24) is 59.6 Å². The summed E-state index contributed by atoms with van der Waals surface area (Å²) in [6, 6.07) is 0.217. The fourth-order valence-electron chi connectivity index (χ4n) is 16.1. The van der Waals surface area contributed by atoms with Gasteiger partial charge in [0, 0.05) is 95.0 Å². The highest BCUT2D eigenvalue weighted by Crippen LogP contribution is 2.43. The zero-order valence-electron chi connectivity index (χ0n) is 64.8. The molecule has 107 heavy (non-hydrogen) atoms. The number of alkyl halides is 3. The van der Waals surface area contributed by atoms with Crippen molar-refractivity contribution in [2.45, 2.75) is 223 Å². The molecule has 590 valence electrons. The molecule has 2 aromatic carbocycles. The summed E-state index contributed by atoms with van der Waals surface area (Å²) in [5.41, 5.74) is -0.740. The van der Waals surface area contributed by atoms with Gasteiger partial charge in [-0.3, -0.25) is 57.5 Å². The number of hydrogen-bond donors (Lipinski definition) is 2. The largest absolute Gasteiger partial charge is 0.496 e. The van der Waals surface area contributed by atoms with Crippen LogP contribution < -0.4 is 15.4 Å². The van der Waals surface area contributed by atoms with Crippen LogP contribution in [-0.4, -0.2) is 282 Å². The first-order valence-corrected chi connectivity index (χ1v) is 38.1. The summed E-state index contributed by atoms with van der Waals surface area (Å²) in [6.07, 6.45) is 2.97. The highest BCUT2D eigenvalue weighted by Gasteiger charge is 2.56. The van der Waals surface area contributed by atoms with E-state index in [-0.39, 0.29) is 71.1 Å². The first-order valence-electron chi connectivity index (χ1n) is 38.1. The molecule has 4 heterocycles. The van der Waals surface area contributed by atoms with E-state index in [2.05, 4.69) is 10.6 Å². The number of carbonyl (C=O) groups excluding carboxylic acids is 12. The number of methoxy groups -OCH3 is 1. The average Bonchev–Trinajstić information content (AvgIpc) is 1.69. The SMILES string of the molecule is CCC[C@H]1C(=O)N[C@@H]([C@@H](C)CC)C(=O)N(C)CC(=O)N(C)[C@@H]2C/C=C\CCN(C2=O)[C@@H](Cc2ccc(C)cc2)C(=O)N(C)CC(=O)N[C@@H](CCc2ccc(C(F)(F)F)c(OC)c2)C(=O)N2C[C@H](OCC)C[C@H]2C(=O)N(C)C2(CCC2)C(=O)N(C)[C@@H](C2CCCC2)C(=O)N(C)[C@H](C(=O)N2CCCC2)CC(=O)N1C. The van der Waals surface area contributed by atoms with Gasteiger partial charge in [0.05, 0.1) is 38.3 Å². The Morgan fingerprint density at radius 1 is 0.664 bits per heavy atom. The van der Waals surface area contributed by atoms with Crippen LogP contribution in [0.1, 0.15) is 159 Å². The Hall–Kier alpha value is -8.63. The van der Waals surface area contributed by atoms with Gasteiger partial charge in [0.25, 0.3) is 0 Å². The number of benzene rings is 2. The van der Waals surface area contributed by atoms with Crippen molar-refractivity contribution in [3.05, 3.63) is 76.9 Å². The van der Waals surface area contributed by atoms with Crippen LogP contribution in [0.2, 0.25) is 0 Å². The molecule has 26 nitrogen and oxygen atoms in total. The van der Waals surface area contributed by atoms with Crippen LogP contribution in [-0.2, 0) is 81.3 Å². The number of carbonyl (C=O) groups is 12. The molecule has 0 radical (unpaired) electrons. The Morgan fingerprint density at radius 3 is 1.93 bits per heavy atom. The Labute approximate surface area is 627 Å². The highest BCUT2D eigenvalue weighted by molar-refractivity contribution is 6.01. The molecular weight excluding hydrogens is 1390 g/mol. The second-order valence-electron chi connectivity index (χ2n) is 30.2. The lowest BCUT2D eigenvalue weighted by molar-refractivity contribution is -0.166. The minimum Gasteiger partial charge on any atom is -0.496 e. The minimum atomic E-state index is -4.78. The zero-order chi connectivity index (χ0) is 78.5. The number of likely N-dealkylation sites (N-methyl/N-ethyl adjacent to an activating group) is 7. The molecule has 29 heteroatoms. The van der Waals surface area contributed by atoms with Gasteiger partial charge in [0.1, 0.15) is 59.6 Å². The number of halogens is 3. The second kappa shape index (κ2) is 37.0. The molecule has 3 saturated heterocycles. The third kappa shape index (κ3) is 19.5. The molecule has 1 spiro atoms. The van der Waals surface area contributed by atoms with Crippen LogP contribution >= 0.6 is 0 Å². The molecule has 2 bridgehead atoms. The summed E-state index contributed by atoms with van der Waals surface area (Å²) in [6.45, 7) is 8.52. The fourth-order valence-corrected chi connectivity index (χ4v) is 16.1. The average molecular weight is 1500 g/mol. The molecule has 5 fully saturated rings. The molecule has 8 rings (SSSR count). The highest BCUT2D eigenvalue weighted by atomic mass is 19.4. The van der Waals surface area contributed by atoms with Crippen LogP contribution in [0, 0.1) is 18.8 Å². The standard InChI is InChI=1S/C78H113F3N12O14/c1-14-25-57-68(97)83-66(50(5)15-2)74(103)85(7)48-65(96)87(9)58-28-18-17-21-41-92(73(58)102)60(42-51-31-29-49(4)30-32-51)70(99)84(6)47-63(94)82-56(36-34-52-33-35-55(78(79,80)81)62(43-52)106-13)69(98)93-46-54(107-16-3)44-61(93)71(100)90(12)77(37-24-38-77)76(105)89(11)67(53-26-19-20-27-53)75(104)88(10)59(45-64(95)86(57)8)72(101)91-39-22-23-40-91/h17-18,29-33,35,43,50,53-54,56-61,66-67H,14-16,19-28,34,36-42,44-48H2,1-13H3,(H,82,94)(H,83,97)/b18-17-/t50-,54+,56-,57-,58+,59-,60-,61-,66-,67-/m0/s1. The fraction of sp³-hybridized carbons (Fsp3) is 0.667. The first-order chi connectivity index (χ1) is 50.7. The molecule has 12 amide bonds. The van der Waals surface area contributed by atoms with E-state index < -0.39 is 180 Å². The lowest BCUT2D eigenvalue weighted by atomic mass is 9.73. The minimum absolute atomic E-state index is 0.00631. The van der Waals surface area contributed by atoms with Crippen LogP contribution in [0.4, 0.5) is 13.2 Å². The number of fused-ring (bicyclic) bond motifs is 3. The van der Waals surface area contributed by atoms with Crippen LogP contribution in [0.5, 0.6) is 5.75 Å². The van der Waals surface area contributed by atoms with E-state index in [0.717, 1.165) is 41.4 Å². The van der Waals surface area contributed by atoms with E-state index in [1.54, 1.807) is 24.8 Å². The van der Waals surface area contributed by atoms with Crippen molar-refractivity contribution in [2.75, 3.05) is 102 Å². The molecule has 4 aliphatic heterocycles. The summed E-state index contributed by atoms with van der Waals surface area (Å²) < 4.78 is 53.9. The van der Waals surface area contributed by atoms with Gasteiger partial charge in [-0.15, -0.1) is 0 Å². The summed E-state index contributed by atoms with van der Waals surface area (Å²) in [7, 11) is 11.1. The van der Waals surface area contributed by atoms with Crippen molar-refractivity contribution in [3.63, 3.8) is 0 Å². The van der Waals surface area contributed by atoms with E-state index in [1.807, 2.05) is 51.1 Å². The Balaban J connectivity index is 1.22. The van der Waals surface area contributed by atoms with E-state index in [1.165, 1.54) is 95.8 Å². The number of likely N-dealkylation sites (tertiary alicyclic amines) is 1. The predicted molar refractivity (Wildman–Crippen MR) is 392 cm³/mol. The first kappa shape index (κ1) is 84.0. The Morgan fingerprint density at radius 2 is 1.32 bits per heavy atom. The van der Waals surface area contributed by atoms with Crippen molar-refractivity contribution < 1.29 is 80.2 Å². The van der Waals surface area contributed by atoms with Gasteiger partial charge in [-0.05, 0) is 126 Å². The molecular formula is C78H113F3N12O14. The summed E-state index contributed by atoms with van der Waals surface area (Å²) >= 11 is 0. The predicted octanol–water partition coefficient (Wildman–Crippen LogP) is 5.39. The molecule has 0 unspecified atom stereocenters. The maximum Gasteiger partial charge on any atom is 0.419 e. The number of aryl methyl sites for hydroxylation is 2. The molecule has 0 aromatic heterocycles. The maximum absolute atomic E-state index is 15.8. The van der Waals surface area contributed by atoms with Gasteiger partial charge in [-0.25, -0.2) is 0 Å². The molecule has 6 aliphatic rings. The zero-order valence-corrected chi connectivity index (χ0v) is 64.8. The molecule has 10 atom stereocenters. The summed E-state index contributed by atoms with van der Waals surface area (Å²) in [5.74, 6) is -9.32. The molecule has 2 saturated carbocycles. The molecule has 2 N–H and O–H groups in total. The van der Waals surface area contributed by atoms with E-state index in [0.29, 0.717) is 75.6 Å². The number of amides is 12. The van der Waals surface area contributed by atoms with Crippen molar-refractivity contribution in [2.24, 2.45) is 11.8 Å². The van der Waals surface area contributed by atoms with E-state index in [4.69, 9.17) is 9.47 Å². The smallest absolute Gasteiger partial charge is 0.419 e. The third-order valence-electron chi connectivity index (χ3n) is 23.1. The lowest BCUT2D eigenvalue weighted by Crippen LogP contribution is -2.68. The quantitative estimate of drug-likeness (QED) is 0.225. The Bertz CT molecular complexity index is 3580. The monoisotopic (exact) mass is 1500 g/mol. The van der Waals surface area contributed by atoms with Gasteiger partial charge in [0.15, 0.2) is 0 Å². The number of hydrogen-bond acceptors (Lipinski definition) is 14. The van der Waals surface area contributed by atoms with Crippen molar-refractivity contribution in [1.29, 1.82) is 0 Å². The number of rotatable bonds is 14. The lowest BCUT2D eigenvalue weighted by Gasteiger charge is -2.51. The summed E-state index contributed by atoms with van der Waals surface area (Å²) in [4.78, 5) is 196. The van der Waals surface area contributed by atoms with Gasteiger partial charge in [-0.1, -0.05) is 94.5 Å². The van der Waals surface area contributed by atoms with Crippen LogP contribution in [0.3, 0.4) is 0 Å². The molecule has 2 aliphatic carbocycles. The number of nitrogens with one attached hydrogen (secondary N) is 2. The number of ether oxygens (including phenoxy) is 2. The van der Waals surface area contributed by atoms with Crippen molar-refractivity contribution in [3.8, 4) is 5.75 Å². The van der Waals surface area contributed by atoms with Crippen molar-refractivity contribution >= 4 is 70.9 Å². The van der Waals surface area contributed by atoms with Crippen LogP contribution in [0.15, 0.2) is 54.6 Å². The van der Waals surface area contributed by atoms with Gasteiger partial charge >= 0.3 is 6.18 Å². The van der Waals surface area contributed by atoms with Gasteiger partial charge < -0.3 is 69.1 Å². The van der Waals surface area contributed by atoms with E-state index in [9.17, 15) is 37.1 Å². The maximum atomic E-state index is 15.8. The second-order valence-corrected chi connectivity index (χ2v) is 30.2. The summed E-state index contributed by atoms with van der Waals surface area (Å²) in [5, 5.41) is 5.72. The van der Waals surface area contributed by atoms with Gasteiger partial charge in [0.2, 0.25) is 70.9 Å². The normalized spacial score (nSPS) is 26.8. The Kier molecular flexibility index (Phi) is 29.0. The molecule has 2 aromatic rings. The van der Waals surface area contributed by atoms with Crippen LogP contribution in [0.25, 0.3) is 0 Å². The third-order valence-corrected chi connectivity index (χ3v) is 23.1. The van der Waals surface area contributed by atoms with Gasteiger partial charge in [-0.2, -0.15) is 13.2 Å². The topological polar surface area (TPSA) is 280 Å².